The Balaban J connectivity index is 0. The number of allylic oxidation sites excluding steroid dienone is 3. The molecular formula is C6H7FeO3. The fourth-order valence-corrected chi connectivity index (χ4v) is 0.226. The zero-order valence-electron chi connectivity index (χ0n) is 5.04. The average molecular weight is 183 g/mol. The van der Waals surface area contributed by atoms with Crippen molar-refractivity contribution in [2.75, 3.05) is 0 Å². The third-order valence-electron chi connectivity index (χ3n) is 0.290. The maximum absolute atomic E-state index is 8.56. The Morgan fingerprint density at radius 2 is 1.80 bits per heavy atom. The van der Waals surface area contributed by atoms with Crippen LogP contribution in [0.3, 0.4) is 0 Å². The van der Waals surface area contributed by atoms with Crippen LogP contribution in [0.1, 0.15) is 0 Å². The molecule has 3 nitrogen and oxygen atoms in total. The van der Waals surface area contributed by atoms with Crippen molar-refractivity contribution >= 4 is 11.1 Å². The SMILES string of the molecule is O=C(O)O.[CH-]=C/C=C\[CH]=[Fe+]. The van der Waals surface area contributed by atoms with E-state index in [-0.39, 0.29) is 0 Å². The number of rotatable bonds is 2. The van der Waals surface area contributed by atoms with Crippen LogP contribution in [0.2, 0.25) is 0 Å². The van der Waals surface area contributed by atoms with Crippen molar-refractivity contribution < 1.29 is 30.6 Å². The minimum atomic E-state index is -1.83. The summed E-state index contributed by atoms with van der Waals surface area (Å²) >= 11 is 3.44. The van der Waals surface area contributed by atoms with Crippen LogP contribution < -0.4 is 0 Å². The van der Waals surface area contributed by atoms with E-state index in [0.29, 0.717) is 0 Å². The van der Waals surface area contributed by atoms with Crippen LogP contribution >= 0.6 is 0 Å². The molecule has 0 spiro atoms. The molecule has 10 heavy (non-hydrogen) atoms. The molecule has 0 aliphatic heterocycles. The van der Waals surface area contributed by atoms with Gasteiger partial charge in [-0.2, -0.15) is 0 Å². The Morgan fingerprint density at radius 3 is 1.90 bits per heavy atom. The van der Waals surface area contributed by atoms with Gasteiger partial charge in [0.25, 0.3) is 0 Å². The van der Waals surface area contributed by atoms with Crippen molar-refractivity contribution in [3.05, 3.63) is 24.8 Å². The number of hydrogen-bond donors (Lipinski definition) is 2. The van der Waals surface area contributed by atoms with Gasteiger partial charge in [-0.15, -0.1) is 0 Å². The predicted molar refractivity (Wildman–Crippen MR) is 34.7 cm³/mol. The van der Waals surface area contributed by atoms with Gasteiger partial charge in [-0.25, -0.2) is 4.79 Å². The summed E-state index contributed by atoms with van der Waals surface area (Å²) in [5.41, 5.74) is 0. The van der Waals surface area contributed by atoms with Gasteiger partial charge in [0, 0.05) is 0 Å². The Hall–Kier alpha value is -0.861. The van der Waals surface area contributed by atoms with Gasteiger partial charge in [0.15, 0.2) is 0 Å². The molecule has 0 heterocycles. The Labute approximate surface area is 67.0 Å². The molecule has 2 N–H and O–H groups in total. The normalized spacial score (nSPS) is 7.60. The number of hydrogen-bond acceptors (Lipinski definition) is 1. The Morgan fingerprint density at radius 1 is 1.40 bits per heavy atom. The zero-order valence-corrected chi connectivity index (χ0v) is 6.15. The van der Waals surface area contributed by atoms with Crippen molar-refractivity contribution in [2.24, 2.45) is 0 Å². The molecule has 0 aliphatic carbocycles. The molecule has 0 aliphatic rings. The van der Waals surface area contributed by atoms with E-state index in [4.69, 9.17) is 21.6 Å². The molecule has 0 saturated heterocycles. The monoisotopic (exact) mass is 183 g/mol. The van der Waals surface area contributed by atoms with Crippen molar-refractivity contribution in [3.8, 4) is 0 Å². The molecule has 0 fully saturated rings. The second kappa shape index (κ2) is 11.0. The van der Waals surface area contributed by atoms with Crippen LogP contribution in [0, 0.1) is 6.58 Å². The summed E-state index contributed by atoms with van der Waals surface area (Å²) in [5.74, 6) is 0. The van der Waals surface area contributed by atoms with Gasteiger partial charge in [0.1, 0.15) is 0 Å². The molecule has 0 aromatic carbocycles. The van der Waals surface area contributed by atoms with E-state index in [0.717, 1.165) is 0 Å². The summed E-state index contributed by atoms with van der Waals surface area (Å²) < 4.78 is 0. The van der Waals surface area contributed by atoms with Crippen LogP contribution in [-0.2, 0) is 15.6 Å². The van der Waals surface area contributed by atoms with Crippen LogP contribution in [0.15, 0.2) is 18.2 Å². The predicted octanol–water partition coefficient (Wildman–Crippen LogP) is 1.10. The molecule has 0 aromatic rings. The topological polar surface area (TPSA) is 57.5 Å². The van der Waals surface area contributed by atoms with E-state index in [1.54, 1.807) is 17.1 Å². The number of carbonyl (C=O) groups is 1. The van der Waals surface area contributed by atoms with Gasteiger partial charge in [-0.05, 0) is 0 Å². The third-order valence-corrected chi connectivity index (χ3v) is 0.503. The summed E-state index contributed by atoms with van der Waals surface area (Å²) in [6, 6.07) is 0. The van der Waals surface area contributed by atoms with E-state index in [1.165, 1.54) is 6.08 Å². The van der Waals surface area contributed by atoms with E-state index in [9.17, 15) is 0 Å². The molecule has 57 valence electrons. The second-order valence-electron chi connectivity index (χ2n) is 0.978. The van der Waals surface area contributed by atoms with Crippen molar-refractivity contribution in [1.29, 1.82) is 0 Å². The molecule has 0 bridgehead atoms. The van der Waals surface area contributed by atoms with Crippen LogP contribution in [0.25, 0.3) is 0 Å². The van der Waals surface area contributed by atoms with Gasteiger partial charge in [0.2, 0.25) is 0 Å². The molecule has 0 radical (unpaired) electrons. The van der Waals surface area contributed by atoms with Crippen LogP contribution in [0.4, 0.5) is 4.79 Å². The van der Waals surface area contributed by atoms with Crippen molar-refractivity contribution in [1.82, 2.24) is 0 Å². The Bertz CT molecular complexity index is 126. The fourth-order valence-electron chi connectivity index (χ4n) is 0.103. The van der Waals surface area contributed by atoms with Gasteiger partial charge in [0.05, 0.1) is 0 Å². The number of carboxylic acid groups (broad SMARTS) is 2. The quantitative estimate of drug-likeness (QED) is 0.382. The molecule has 0 rings (SSSR count). The first-order valence-corrected chi connectivity index (χ1v) is 2.83. The maximum atomic E-state index is 8.56. The summed E-state index contributed by atoms with van der Waals surface area (Å²) in [4.78, 5) is 10.2. The van der Waals surface area contributed by atoms with Gasteiger partial charge >= 0.3 is 51.5 Å². The molecule has 0 aromatic heterocycles. The van der Waals surface area contributed by atoms with Gasteiger partial charge in [-0.3, -0.25) is 0 Å². The minimum absolute atomic E-state index is 1.46. The molecular weight excluding hydrogens is 176 g/mol. The van der Waals surface area contributed by atoms with Gasteiger partial charge in [-0.1, -0.05) is 0 Å². The van der Waals surface area contributed by atoms with E-state index >= 15 is 0 Å². The third kappa shape index (κ3) is 58.8. The molecule has 0 amide bonds. The Kier molecular flexibility index (Phi) is 13.1. The molecule has 0 atom stereocenters. The first-order valence-electron chi connectivity index (χ1n) is 2.19. The van der Waals surface area contributed by atoms with Crippen LogP contribution in [-0.4, -0.2) is 21.3 Å². The first-order chi connectivity index (χ1) is 4.65. The summed E-state index contributed by atoms with van der Waals surface area (Å²) in [6.45, 7) is 4.96. The second-order valence-corrected chi connectivity index (χ2v) is 1.35. The summed E-state index contributed by atoms with van der Waals surface area (Å²) in [5, 5.41) is 13.9. The van der Waals surface area contributed by atoms with E-state index in [2.05, 4.69) is 15.6 Å². The van der Waals surface area contributed by atoms with E-state index < -0.39 is 6.16 Å². The molecule has 0 unspecified atom stereocenters. The standard InChI is InChI=1S/C5H5.CH2O3.Fe/c1-3-5-4-2;2-1(3)4;/h1-5H;(H2,2,3,4);/q-1;;+1/b5-3-;;. The van der Waals surface area contributed by atoms with Crippen molar-refractivity contribution in [3.63, 3.8) is 0 Å². The molecule has 0 saturated carbocycles. The van der Waals surface area contributed by atoms with E-state index in [1.807, 2.05) is 0 Å². The zero-order chi connectivity index (χ0) is 8.41. The molecule has 4 heteroatoms. The average Bonchev–Trinajstić information content (AvgIpc) is 1.82. The summed E-state index contributed by atoms with van der Waals surface area (Å²) in [7, 11) is 0. The first kappa shape index (κ1) is 11.9. The van der Waals surface area contributed by atoms with Gasteiger partial charge < -0.3 is 10.2 Å². The van der Waals surface area contributed by atoms with Crippen molar-refractivity contribution in [2.45, 2.75) is 0 Å². The fraction of sp³-hybridized carbons (Fsp3) is 0. The van der Waals surface area contributed by atoms with Crippen LogP contribution in [0.5, 0.6) is 0 Å². The summed E-state index contributed by atoms with van der Waals surface area (Å²) in [6.07, 6.45) is 3.11.